The number of benzene rings is 1. The van der Waals surface area contributed by atoms with Crippen molar-refractivity contribution in [1.82, 2.24) is 0 Å². The molecule has 0 aliphatic carbocycles. The minimum atomic E-state index is 0.536. The lowest BCUT2D eigenvalue weighted by Crippen LogP contribution is -1.92. The molecule has 0 aliphatic heterocycles. The third-order valence-corrected chi connectivity index (χ3v) is 4.96. The summed E-state index contributed by atoms with van der Waals surface area (Å²) in [5.74, 6) is 0. The SMILES string of the molecule is CCCCCCCCC(Br)c1ccc(CCCC)cc1. The molecule has 0 aromatic heterocycles. The van der Waals surface area contributed by atoms with Gasteiger partial charge < -0.3 is 0 Å². The number of halogens is 1. The number of alkyl halides is 1. The zero-order valence-electron chi connectivity index (χ0n) is 13.3. The van der Waals surface area contributed by atoms with E-state index in [4.69, 9.17) is 0 Å². The number of unbranched alkanes of at least 4 members (excludes halogenated alkanes) is 6. The molecule has 0 heterocycles. The van der Waals surface area contributed by atoms with Crippen molar-refractivity contribution < 1.29 is 0 Å². The first-order chi connectivity index (χ1) is 9.77. The van der Waals surface area contributed by atoms with Crippen LogP contribution in [-0.2, 0) is 6.42 Å². The van der Waals surface area contributed by atoms with Crippen LogP contribution in [0.4, 0.5) is 0 Å². The number of hydrogen-bond donors (Lipinski definition) is 0. The Kier molecular flexibility index (Phi) is 10.1. The summed E-state index contributed by atoms with van der Waals surface area (Å²) in [6, 6.07) is 9.23. The van der Waals surface area contributed by atoms with E-state index in [1.807, 2.05) is 0 Å². The summed E-state index contributed by atoms with van der Waals surface area (Å²) in [4.78, 5) is 0.536. The Morgan fingerprint density at radius 3 is 2.05 bits per heavy atom. The van der Waals surface area contributed by atoms with E-state index in [0.717, 1.165) is 0 Å². The van der Waals surface area contributed by atoms with Crippen molar-refractivity contribution in [2.75, 3.05) is 0 Å². The van der Waals surface area contributed by atoms with Crippen LogP contribution >= 0.6 is 15.9 Å². The molecule has 1 aromatic carbocycles. The Bertz CT molecular complexity index is 328. The van der Waals surface area contributed by atoms with Crippen LogP contribution in [0.2, 0.25) is 0 Å². The van der Waals surface area contributed by atoms with Crippen molar-refractivity contribution in [2.24, 2.45) is 0 Å². The van der Waals surface area contributed by atoms with Gasteiger partial charge in [-0.25, -0.2) is 0 Å². The lowest BCUT2D eigenvalue weighted by molar-refractivity contribution is 0.588. The Balaban J connectivity index is 2.23. The lowest BCUT2D eigenvalue weighted by Gasteiger charge is -2.11. The van der Waals surface area contributed by atoms with E-state index in [2.05, 4.69) is 54.0 Å². The average Bonchev–Trinajstić information content (AvgIpc) is 2.49. The third-order valence-electron chi connectivity index (χ3n) is 3.97. The maximum Gasteiger partial charge on any atom is 0.0395 e. The van der Waals surface area contributed by atoms with E-state index in [-0.39, 0.29) is 0 Å². The van der Waals surface area contributed by atoms with E-state index in [0.29, 0.717) is 4.83 Å². The molecule has 1 heteroatoms. The fourth-order valence-corrected chi connectivity index (χ4v) is 3.17. The minimum absolute atomic E-state index is 0.536. The summed E-state index contributed by atoms with van der Waals surface area (Å²) < 4.78 is 0. The van der Waals surface area contributed by atoms with E-state index in [1.165, 1.54) is 75.3 Å². The molecule has 0 amide bonds. The first-order valence-corrected chi connectivity index (χ1v) is 9.42. The van der Waals surface area contributed by atoms with Crippen LogP contribution in [0, 0.1) is 0 Å². The van der Waals surface area contributed by atoms with Crippen LogP contribution < -0.4 is 0 Å². The topological polar surface area (TPSA) is 0 Å². The van der Waals surface area contributed by atoms with Gasteiger partial charge in [0.2, 0.25) is 0 Å². The number of rotatable bonds is 11. The standard InChI is InChI=1S/C19H31Br/c1-3-5-7-8-9-10-12-19(20)18-15-13-17(14-16-18)11-6-4-2/h13-16,19H,3-12H2,1-2H3. The van der Waals surface area contributed by atoms with Crippen molar-refractivity contribution >= 4 is 15.9 Å². The minimum Gasteiger partial charge on any atom is -0.0839 e. The van der Waals surface area contributed by atoms with Crippen LogP contribution in [0.1, 0.15) is 87.6 Å². The Hall–Kier alpha value is -0.300. The molecule has 0 nitrogen and oxygen atoms in total. The second-order valence-electron chi connectivity index (χ2n) is 5.87. The molecular weight excluding hydrogens is 308 g/mol. The van der Waals surface area contributed by atoms with Gasteiger partial charge in [-0.3, -0.25) is 0 Å². The first kappa shape index (κ1) is 17.8. The van der Waals surface area contributed by atoms with Crippen molar-refractivity contribution in [1.29, 1.82) is 0 Å². The van der Waals surface area contributed by atoms with Gasteiger partial charge in [-0.2, -0.15) is 0 Å². The molecule has 0 fully saturated rings. The van der Waals surface area contributed by atoms with Gasteiger partial charge in [-0.05, 0) is 30.4 Å². The Labute approximate surface area is 134 Å². The van der Waals surface area contributed by atoms with Gasteiger partial charge in [-0.15, -0.1) is 0 Å². The molecule has 1 unspecified atom stereocenters. The van der Waals surface area contributed by atoms with E-state index >= 15 is 0 Å². The fourth-order valence-electron chi connectivity index (χ4n) is 2.54. The van der Waals surface area contributed by atoms with Crippen LogP contribution in [0.5, 0.6) is 0 Å². The number of hydrogen-bond acceptors (Lipinski definition) is 0. The number of aryl methyl sites for hydroxylation is 1. The smallest absolute Gasteiger partial charge is 0.0395 e. The van der Waals surface area contributed by atoms with Crippen molar-refractivity contribution in [3.8, 4) is 0 Å². The summed E-state index contributed by atoms with van der Waals surface area (Å²) in [7, 11) is 0. The molecule has 0 radical (unpaired) electrons. The predicted octanol–water partition coefficient (Wildman–Crippen LogP) is 7.22. The van der Waals surface area contributed by atoms with Gasteiger partial charge in [0.05, 0.1) is 0 Å². The lowest BCUT2D eigenvalue weighted by atomic mass is 10.0. The van der Waals surface area contributed by atoms with E-state index in [9.17, 15) is 0 Å². The van der Waals surface area contributed by atoms with E-state index < -0.39 is 0 Å². The summed E-state index contributed by atoms with van der Waals surface area (Å²) in [5.41, 5.74) is 2.92. The van der Waals surface area contributed by atoms with Crippen molar-refractivity contribution in [3.63, 3.8) is 0 Å². The second-order valence-corrected chi connectivity index (χ2v) is 6.97. The largest absolute Gasteiger partial charge is 0.0839 e. The van der Waals surface area contributed by atoms with Crippen molar-refractivity contribution in [2.45, 2.75) is 82.9 Å². The molecule has 0 N–H and O–H groups in total. The highest BCUT2D eigenvalue weighted by Gasteiger charge is 2.06. The van der Waals surface area contributed by atoms with Crippen LogP contribution in [0.25, 0.3) is 0 Å². The molecule has 114 valence electrons. The van der Waals surface area contributed by atoms with Gasteiger partial charge >= 0.3 is 0 Å². The zero-order valence-corrected chi connectivity index (χ0v) is 14.9. The molecule has 20 heavy (non-hydrogen) atoms. The Morgan fingerprint density at radius 1 is 0.800 bits per heavy atom. The van der Waals surface area contributed by atoms with Crippen molar-refractivity contribution in [3.05, 3.63) is 35.4 Å². The summed E-state index contributed by atoms with van der Waals surface area (Å²) >= 11 is 3.85. The molecule has 1 rings (SSSR count). The van der Waals surface area contributed by atoms with Gasteiger partial charge in [0, 0.05) is 4.83 Å². The highest BCUT2D eigenvalue weighted by Crippen LogP contribution is 2.29. The van der Waals surface area contributed by atoms with Gasteiger partial charge in [0.1, 0.15) is 0 Å². The molecule has 1 aromatic rings. The molecular formula is C19H31Br. The normalized spacial score (nSPS) is 12.6. The average molecular weight is 339 g/mol. The van der Waals surface area contributed by atoms with Gasteiger partial charge in [0.25, 0.3) is 0 Å². The first-order valence-electron chi connectivity index (χ1n) is 8.50. The quantitative estimate of drug-likeness (QED) is 0.295. The summed E-state index contributed by atoms with van der Waals surface area (Å²) in [6.45, 7) is 4.53. The van der Waals surface area contributed by atoms with Crippen LogP contribution in [0.15, 0.2) is 24.3 Å². The van der Waals surface area contributed by atoms with Crippen LogP contribution in [0.3, 0.4) is 0 Å². The molecule has 0 bridgehead atoms. The summed E-state index contributed by atoms with van der Waals surface area (Å²) in [5, 5.41) is 0. The molecule has 0 spiro atoms. The maximum atomic E-state index is 3.85. The highest BCUT2D eigenvalue weighted by molar-refractivity contribution is 9.09. The molecule has 0 saturated carbocycles. The molecule has 0 saturated heterocycles. The van der Waals surface area contributed by atoms with Gasteiger partial charge in [-0.1, -0.05) is 99.0 Å². The maximum absolute atomic E-state index is 3.85. The van der Waals surface area contributed by atoms with Gasteiger partial charge in [0.15, 0.2) is 0 Å². The predicted molar refractivity (Wildman–Crippen MR) is 94.7 cm³/mol. The summed E-state index contributed by atoms with van der Waals surface area (Å²) in [6.07, 6.45) is 13.4. The van der Waals surface area contributed by atoms with Crippen LogP contribution in [-0.4, -0.2) is 0 Å². The molecule has 0 aliphatic rings. The molecule has 1 atom stereocenters. The fraction of sp³-hybridized carbons (Fsp3) is 0.684. The zero-order chi connectivity index (χ0) is 14.6. The van der Waals surface area contributed by atoms with E-state index in [1.54, 1.807) is 0 Å². The highest BCUT2D eigenvalue weighted by atomic mass is 79.9. The second kappa shape index (κ2) is 11.4. The monoisotopic (exact) mass is 338 g/mol. The Morgan fingerprint density at radius 2 is 1.40 bits per heavy atom. The third kappa shape index (κ3) is 7.47.